The summed E-state index contributed by atoms with van der Waals surface area (Å²) in [6.07, 6.45) is 2.19. The van der Waals surface area contributed by atoms with Gasteiger partial charge in [-0.3, -0.25) is 8.74 Å². The minimum Gasteiger partial charge on any atom is -0.299 e. The largest absolute Gasteiger partial charge is 0.299 e. The third-order valence-corrected chi connectivity index (χ3v) is 4.29. The fraction of sp³-hybridized carbons (Fsp3) is 0.778. The Morgan fingerprint density at radius 1 is 1.14 bits per heavy atom. The molecule has 1 N–H and O–H groups in total. The Hall–Kier alpha value is -0.750. The second-order valence-electron chi connectivity index (χ2n) is 2.87. The first-order valence-corrected chi connectivity index (χ1v) is 6.34. The molecule has 0 heterocycles. The van der Waals surface area contributed by atoms with Crippen molar-refractivity contribution in [3.63, 3.8) is 0 Å². The summed E-state index contributed by atoms with van der Waals surface area (Å²) < 4.78 is 15.0. The van der Waals surface area contributed by atoms with Gasteiger partial charge in [0.1, 0.15) is 0 Å². The third kappa shape index (κ3) is 5.82. The van der Waals surface area contributed by atoms with Crippen LogP contribution < -0.4 is 0 Å². The van der Waals surface area contributed by atoms with Crippen LogP contribution in [0, 0.1) is 22.7 Å². The molecule has 80 valence electrons. The maximum Gasteiger partial charge on any atom is 0.0622 e. The van der Waals surface area contributed by atoms with E-state index in [0.717, 1.165) is 0 Å². The van der Waals surface area contributed by atoms with Crippen LogP contribution in [0.5, 0.6) is 0 Å². The summed E-state index contributed by atoms with van der Waals surface area (Å²) in [7, 11) is -0.543. The lowest BCUT2D eigenvalue weighted by Crippen LogP contribution is -2.10. The van der Waals surface area contributed by atoms with Gasteiger partial charge in [0.2, 0.25) is 0 Å². The Labute approximate surface area is 86.8 Å². The zero-order chi connectivity index (χ0) is 10.9. The molecule has 0 aromatic rings. The van der Waals surface area contributed by atoms with Crippen molar-refractivity contribution in [2.45, 2.75) is 25.7 Å². The summed E-state index contributed by atoms with van der Waals surface area (Å²) in [5.41, 5.74) is 0. The Morgan fingerprint density at radius 2 is 1.57 bits per heavy atom. The van der Waals surface area contributed by atoms with Crippen LogP contribution in [0.3, 0.4) is 0 Å². The average Bonchev–Trinajstić information content (AvgIpc) is 2.19. The maximum absolute atomic E-state index is 9.92. The number of nitriles is 2. The Balaban J connectivity index is 3.81. The van der Waals surface area contributed by atoms with Gasteiger partial charge < -0.3 is 0 Å². The molecule has 0 aliphatic rings. The predicted octanol–water partition coefficient (Wildman–Crippen LogP) is 2.43. The Bertz CT molecular complexity index is 212. The molecule has 0 aliphatic carbocycles. The number of unbranched alkanes of at least 4 members (excludes halogenated alkanes) is 2. The third-order valence-electron chi connectivity index (χ3n) is 1.81. The molecule has 0 fully saturated rings. The molecule has 0 aromatic carbocycles. The summed E-state index contributed by atoms with van der Waals surface area (Å²) in [5.74, 6) is 1.06. The summed E-state index contributed by atoms with van der Waals surface area (Å²) in [6, 6.07) is 4.05. The van der Waals surface area contributed by atoms with E-state index in [2.05, 4.69) is 0 Å². The highest BCUT2D eigenvalue weighted by Crippen LogP contribution is 2.45. The number of hydrogen-bond donors (Lipinski definition) is 1. The minimum atomic E-state index is -2.02. The van der Waals surface area contributed by atoms with Crippen LogP contribution in [0.1, 0.15) is 25.7 Å². The molecular weight excluding hydrogens is 200 g/mol. The van der Waals surface area contributed by atoms with Crippen LogP contribution in [0.4, 0.5) is 0 Å². The second-order valence-corrected chi connectivity index (χ2v) is 5.57. The van der Waals surface area contributed by atoms with E-state index in [1.54, 1.807) is 0 Å². The number of hydrogen-bond acceptors (Lipinski definition) is 4. The smallest absolute Gasteiger partial charge is 0.0622 e. The van der Waals surface area contributed by atoms with E-state index in [1.807, 2.05) is 12.1 Å². The van der Waals surface area contributed by atoms with Gasteiger partial charge in [0.05, 0.1) is 19.2 Å². The van der Waals surface area contributed by atoms with Crippen molar-refractivity contribution in [3.05, 3.63) is 0 Å². The normalized spacial score (nSPS) is 11.7. The molecule has 0 saturated carbocycles. The first kappa shape index (κ1) is 13.2. The van der Waals surface area contributed by atoms with E-state index < -0.39 is 10.6 Å². The molecule has 14 heavy (non-hydrogen) atoms. The molecule has 0 unspecified atom stereocenters. The van der Waals surface area contributed by atoms with Gasteiger partial charge in [-0.05, 0) is 12.8 Å². The minimum absolute atomic E-state index is 0.441. The lowest BCUT2D eigenvalue weighted by molar-refractivity contribution is 0.393. The van der Waals surface area contributed by atoms with Crippen molar-refractivity contribution in [3.8, 4) is 12.1 Å². The molecule has 0 radical (unpaired) electrons. The van der Waals surface area contributed by atoms with Gasteiger partial charge in [0, 0.05) is 24.3 Å². The average molecular weight is 216 g/mol. The van der Waals surface area contributed by atoms with E-state index in [-0.39, 0.29) is 0 Å². The summed E-state index contributed by atoms with van der Waals surface area (Å²) >= 11 is 0. The Morgan fingerprint density at radius 3 is 1.86 bits per heavy atom. The molecular formula is C9H16N2O2S. The molecule has 5 heteroatoms. The molecule has 0 spiro atoms. The maximum atomic E-state index is 9.92. The van der Waals surface area contributed by atoms with Crippen molar-refractivity contribution in [1.29, 1.82) is 10.5 Å². The molecule has 4 nitrogen and oxygen atoms in total. The molecule has 0 aromatic heterocycles. The van der Waals surface area contributed by atoms with Gasteiger partial charge in [-0.15, -0.1) is 0 Å². The van der Waals surface area contributed by atoms with Crippen LogP contribution in [0.25, 0.3) is 0 Å². The SMILES string of the molecule is COS(O)(CCCC#N)CCCC#N. The highest BCUT2D eigenvalue weighted by atomic mass is 32.3. The van der Waals surface area contributed by atoms with Crippen LogP contribution in [0.2, 0.25) is 0 Å². The lowest BCUT2D eigenvalue weighted by Gasteiger charge is -2.36. The Kier molecular flexibility index (Phi) is 7.23. The first-order valence-electron chi connectivity index (χ1n) is 4.49. The highest BCUT2D eigenvalue weighted by Gasteiger charge is 2.14. The van der Waals surface area contributed by atoms with Gasteiger partial charge in [-0.1, -0.05) is 0 Å². The summed E-state index contributed by atoms with van der Waals surface area (Å²) in [6.45, 7) is 0. The van der Waals surface area contributed by atoms with E-state index in [0.29, 0.717) is 37.2 Å². The van der Waals surface area contributed by atoms with Crippen molar-refractivity contribution in [1.82, 2.24) is 0 Å². The van der Waals surface area contributed by atoms with Gasteiger partial charge >= 0.3 is 0 Å². The van der Waals surface area contributed by atoms with Crippen LogP contribution in [0.15, 0.2) is 0 Å². The van der Waals surface area contributed by atoms with Gasteiger partial charge in [-0.25, -0.2) is 0 Å². The number of nitrogens with zero attached hydrogens (tertiary/aromatic N) is 2. The van der Waals surface area contributed by atoms with Crippen LogP contribution in [-0.2, 0) is 4.18 Å². The van der Waals surface area contributed by atoms with E-state index in [1.165, 1.54) is 7.11 Å². The van der Waals surface area contributed by atoms with Crippen molar-refractivity contribution in [2.24, 2.45) is 0 Å². The van der Waals surface area contributed by atoms with E-state index in [4.69, 9.17) is 14.7 Å². The molecule has 0 aliphatic heterocycles. The van der Waals surface area contributed by atoms with Crippen molar-refractivity contribution in [2.75, 3.05) is 18.6 Å². The standard InChI is InChI=1S/C9H16N2O2S/c1-13-14(12,8-4-2-6-10)9-5-3-7-11/h12H,2-5,8-9H2,1H3. The fourth-order valence-electron chi connectivity index (χ4n) is 1.02. The quantitative estimate of drug-likeness (QED) is 0.663. The first-order chi connectivity index (χ1) is 6.68. The second kappa shape index (κ2) is 7.64. The fourth-order valence-corrected chi connectivity index (χ4v) is 2.75. The summed E-state index contributed by atoms with van der Waals surface area (Å²) in [4.78, 5) is 0. The van der Waals surface area contributed by atoms with Crippen LogP contribution in [-0.4, -0.2) is 23.2 Å². The zero-order valence-electron chi connectivity index (χ0n) is 8.40. The van der Waals surface area contributed by atoms with Crippen molar-refractivity contribution >= 4 is 10.6 Å². The van der Waals surface area contributed by atoms with Gasteiger partial charge in [0.15, 0.2) is 0 Å². The number of rotatable bonds is 7. The van der Waals surface area contributed by atoms with Crippen molar-refractivity contribution < 1.29 is 8.74 Å². The lowest BCUT2D eigenvalue weighted by atomic mass is 10.4. The molecule has 0 amide bonds. The zero-order valence-corrected chi connectivity index (χ0v) is 9.22. The van der Waals surface area contributed by atoms with E-state index >= 15 is 0 Å². The molecule has 0 atom stereocenters. The monoisotopic (exact) mass is 216 g/mol. The summed E-state index contributed by atoms with van der Waals surface area (Å²) in [5, 5.41) is 16.7. The van der Waals surface area contributed by atoms with Gasteiger partial charge in [-0.2, -0.15) is 21.1 Å². The van der Waals surface area contributed by atoms with Crippen LogP contribution >= 0.6 is 10.6 Å². The highest BCUT2D eigenvalue weighted by molar-refractivity contribution is 8.25. The molecule has 0 rings (SSSR count). The predicted molar refractivity (Wildman–Crippen MR) is 56.7 cm³/mol. The van der Waals surface area contributed by atoms with Gasteiger partial charge in [0.25, 0.3) is 0 Å². The molecule has 0 saturated heterocycles. The topological polar surface area (TPSA) is 77.0 Å². The van der Waals surface area contributed by atoms with E-state index in [9.17, 15) is 4.55 Å². The molecule has 0 bridgehead atoms.